The minimum Gasteiger partial charge on any atom is -0.325 e. The van der Waals surface area contributed by atoms with E-state index < -0.39 is 0 Å². The first-order chi connectivity index (χ1) is 6.44. The van der Waals surface area contributed by atoms with Crippen molar-refractivity contribution in [3.63, 3.8) is 0 Å². The van der Waals surface area contributed by atoms with Crippen molar-refractivity contribution in [1.82, 2.24) is 0 Å². The molecule has 0 aliphatic heterocycles. The van der Waals surface area contributed by atoms with Gasteiger partial charge in [-0.05, 0) is 43.4 Å². The maximum absolute atomic E-state index is 6.09. The van der Waals surface area contributed by atoms with E-state index in [4.69, 9.17) is 5.73 Å². The minimum absolute atomic E-state index is 0.262. The first kappa shape index (κ1) is 12.0. The summed E-state index contributed by atoms with van der Waals surface area (Å²) < 4.78 is 0. The molecule has 1 aliphatic rings. The third kappa shape index (κ3) is 3.61. The molecule has 1 nitrogen and oxygen atoms in total. The van der Waals surface area contributed by atoms with Gasteiger partial charge in [-0.2, -0.15) is 0 Å². The molecule has 0 radical (unpaired) electrons. The molecule has 84 valence electrons. The molecule has 0 spiro atoms. The summed E-state index contributed by atoms with van der Waals surface area (Å²) in [6.45, 7) is 9.39. The van der Waals surface area contributed by atoms with Crippen LogP contribution in [0.3, 0.4) is 0 Å². The quantitative estimate of drug-likeness (QED) is 0.692. The van der Waals surface area contributed by atoms with Crippen molar-refractivity contribution < 1.29 is 0 Å². The molecule has 0 aromatic rings. The molecule has 1 rings (SSSR count). The van der Waals surface area contributed by atoms with E-state index in [2.05, 4.69) is 27.7 Å². The van der Waals surface area contributed by atoms with Crippen molar-refractivity contribution in [2.45, 2.75) is 65.3 Å². The third-order valence-corrected chi connectivity index (χ3v) is 3.82. The summed E-state index contributed by atoms with van der Waals surface area (Å²) in [6, 6.07) is 0. The zero-order valence-corrected chi connectivity index (χ0v) is 10.3. The standard InChI is InChI=1S/C13H27N/c1-10(2)12(11(3)4)6-5-7-13(14)8-9-13/h10-12H,5-9,14H2,1-4H3. The largest absolute Gasteiger partial charge is 0.325 e. The number of hydrogen-bond acceptors (Lipinski definition) is 1. The molecule has 1 heteroatoms. The van der Waals surface area contributed by atoms with Gasteiger partial charge in [0.2, 0.25) is 0 Å². The Labute approximate surface area is 89.5 Å². The Morgan fingerprint density at radius 2 is 1.57 bits per heavy atom. The highest BCUT2D eigenvalue weighted by Gasteiger charge is 2.37. The second-order valence-electron chi connectivity index (χ2n) is 5.91. The molecule has 0 atom stereocenters. The fourth-order valence-corrected chi connectivity index (χ4v) is 2.54. The molecule has 0 bridgehead atoms. The van der Waals surface area contributed by atoms with Crippen molar-refractivity contribution in [2.24, 2.45) is 23.5 Å². The Morgan fingerprint density at radius 1 is 1.07 bits per heavy atom. The zero-order valence-electron chi connectivity index (χ0n) is 10.3. The van der Waals surface area contributed by atoms with Gasteiger partial charge in [0.1, 0.15) is 0 Å². The molecule has 2 N–H and O–H groups in total. The van der Waals surface area contributed by atoms with Crippen LogP contribution in [0.25, 0.3) is 0 Å². The maximum atomic E-state index is 6.09. The molecular weight excluding hydrogens is 170 g/mol. The van der Waals surface area contributed by atoms with E-state index >= 15 is 0 Å². The predicted molar refractivity (Wildman–Crippen MR) is 63.2 cm³/mol. The highest BCUT2D eigenvalue weighted by molar-refractivity contribution is 4.98. The van der Waals surface area contributed by atoms with E-state index in [1.165, 1.54) is 32.1 Å². The van der Waals surface area contributed by atoms with Crippen molar-refractivity contribution in [3.8, 4) is 0 Å². The van der Waals surface area contributed by atoms with Crippen LogP contribution in [-0.2, 0) is 0 Å². The van der Waals surface area contributed by atoms with Gasteiger partial charge in [0.05, 0.1) is 0 Å². The fraction of sp³-hybridized carbons (Fsp3) is 1.00. The second kappa shape index (κ2) is 4.65. The average molecular weight is 197 g/mol. The fourth-order valence-electron chi connectivity index (χ4n) is 2.54. The summed E-state index contributed by atoms with van der Waals surface area (Å²) >= 11 is 0. The van der Waals surface area contributed by atoms with Gasteiger partial charge in [0.25, 0.3) is 0 Å². The highest BCUT2D eigenvalue weighted by atomic mass is 14.8. The van der Waals surface area contributed by atoms with Crippen LogP contribution in [0.2, 0.25) is 0 Å². The van der Waals surface area contributed by atoms with Crippen LogP contribution < -0.4 is 5.73 Å². The second-order valence-corrected chi connectivity index (χ2v) is 5.91. The predicted octanol–water partition coefficient (Wildman–Crippen LogP) is 3.58. The lowest BCUT2D eigenvalue weighted by atomic mass is 9.81. The summed E-state index contributed by atoms with van der Waals surface area (Å²) in [5.41, 5.74) is 6.35. The smallest absolute Gasteiger partial charge is 0.0155 e. The summed E-state index contributed by atoms with van der Waals surface area (Å²) in [6.07, 6.45) is 6.48. The van der Waals surface area contributed by atoms with Crippen molar-refractivity contribution in [1.29, 1.82) is 0 Å². The Hall–Kier alpha value is -0.0400. The Morgan fingerprint density at radius 3 is 1.93 bits per heavy atom. The molecule has 0 heterocycles. The molecule has 0 aromatic carbocycles. The normalized spacial score (nSPS) is 19.7. The summed E-state index contributed by atoms with van der Waals surface area (Å²) in [7, 11) is 0. The van der Waals surface area contributed by atoms with E-state index in [0.29, 0.717) is 0 Å². The minimum atomic E-state index is 0.262. The van der Waals surface area contributed by atoms with Crippen LogP contribution in [0, 0.1) is 17.8 Å². The summed E-state index contributed by atoms with van der Waals surface area (Å²) in [4.78, 5) is 0. The van der Waals surface area contributed by atoms with Crippen LogP contribution in [0.15, 0.2) is 0 Å². The highest BCUT2D eigenvalue weighted by Crippen LogP contribution is 2.38. The van der Waals surface area contributed by atoms with E-state index in [1.54, 1.807) is 0 Å². The molecule has 0 aromatic heterocycles. The SMILES string of the molecule is CC(C)C(CCCC1(N)CC1)C(C)C. The van der Waals surface area contributed by atoms with Crippen molar-refractivity contribution in [2.75, 3.05) is 0 Å². The summed E-state index contributed by atoms with van der Waals surface area (Å²) in [5.74, 6) is 2.53. The van der Waals surface area contributed by atoms with Crippen molar-refractivity contribution in [3.05, 3.63) is 0 Å². The van der Waals surface area contributed by atoms with Crippen LogP contribution in [0.5, 0.6) is 0 Å². The molecule has 1 fully saturated rings. The maximum Gasteiger partial charge on any atom is 0.0155 e. The first-order valence-corrected chi connectivity index (χ1v) is 6.23. The monoisotopic (exact) mass is 197 g/mol. The van der Waals surface area contributed by atoms with Crippen molar-refractivity contribution >= 4 is 0 Å². The molecule has 14 heavy (non-hydrogen) atoms. The van der Waals surface area contributed by atoms with Gasteiger partial charge in [0, 0.05) is 5.54 Å². The average Bonchev–Trinajstić information content (AvgIpc) is 2.77. The van der Waals surface area contributed by atoms with E-state index in [-0.39, 0.29) is 5.54 Å². The van der Waals surface area contributed by atoms with Gasteiger partial charge in [-0.3, -0.25) is 0 Å². The van der Waals surface area contributed by atoms with Crippen LogP contribution >= 0.6 is 0 Å². The van der Waals surface area contributed by atoms with Gasteiger partial charge in [-0.25, -0.2) is 0 Å². The Bertz CT molecular complexity index is 160. The van der Waals surface area contributed by atoms with E-state index in [0.717, 1.165) is 17.8 Å². The molecule has 0 amide bonds. The van der Waals surface area contributed by atoms with Gasteiger partial charge >= 0.3 is 0 Å². The summed E-state index contributed by atoms with van der Waals surface area (Å²) in [5, 5.41) is 0. The Balaban J connectivity index is 2.19. The van der Waals surface area contributed by atoms with Gasteiger partial charge in [-0.15, -0.1) is 0 Å². The van der Waals surface area contributed by atoms with Crippen LogP contribution in [-0.4, -0.2) is 5.54 Å². The van der Waals surface area contributed by atoms with Gasteiger partial charge in [-0.1, -0.05) is 34.1 Å². The van der Waals surface area contributed by atoms with Gasteiger partial charge < -0.3 is 5.73 Å². The lowest BCUT2D eigenvalue weighted by molar-refractivity contribution is 0.258. The molecule has 1 saturated carbocycles. The van der Waals surface area contributed by atoms with E-state index in [9.17, 15) is 0 Å². The first-order valence-electron chi connectivity index (χ1n) is 6.23. The van der Waals surface area contributed by atoms with Crippen LogP contribution in [0.1, 0.15) is 59.8 Å². The third-order valence-electron chi connectivity index (χ3n) is 3.82. The van der Waals surface area contributed by atoms with Gasteiger partial charge in [0.15, 0.2) is 0 Å². The topological polar surface area (TPSA) is 26.0 Å². The molecule has 0 saturated heterocycles. The molecule has 0 unspecified atom stereocenters. The number of nitrogens with two attached hydrogens (primary N) is 1. The lowest BCUT2D eigenvalue weighted by Crippen LogP contribution is -2.22. The molecule has 1 aliphatic carbocycles. The number of hydrogen-bond donors (Lipinski definition) is 1. The van der Waals surface area contributed by atoms with E-state index in [1.807, 2.05) is 0 Å². The number of rotatable bonds is 6. The zero-order chi connectivity index (χ0) is 10.8. The lowest BCUT2D eigenvalue weighted by Gasteiger charge is -2.25. The Kier molecular flexibility index (Phi) is 4.00. The van der Waals surface area contributed by atoms with Crippen LogP contribution in [0.4, 0.5) is 0 Å². The molecular formula is C13H27N.